The number of carbonyl (C=O) groups is 1. The number of halogens is 2. The Bertz CT molecular complexity index is 658. The molecule has 110 valence electrons. The van der Waals surface area contributed by atoms with Crippen molar-refractivity contribution in [3.63, 3.8) is 0 Å². The standard InChI is InChI=1S/C16H15BrClNO2/c1-10(2)21-13-5-3-4-11(8-13)16(20)19-15-7-6-12(18)9-14(15)17/h3-10H,1-2H3,(H,19,20). The van der Waals surface area contributed by atoms with Crippen molar-refractivity contribution in [2.24, 2.45) is 0 Å². The second-order valence-electron chi connectivity index (χ2n) is 4.77. The number of hydrogen-bond acceptors (Lipinski definition) is 2. The molecule has 0 saturated carbocycles. The Balaban J connectivity index is 2.16. The van der Waals surface area contributed by atoms with Crippen molar-refractivity contribution in [3.8, 4) is 5.75 Å². The van der Waals surface area contributed by atoms with Crippen LogP contribution >= 0.6 is 27.5 Å². The molecule has 0 atom stereocenters. The third-order valence-corrected chi connectivity index (χ3v) is 3.54. The van der Waals surface area contributed by atoms with Crippen LogP contribution in [0.25, 0.3) is 0 Å². The quantitative estimate of drug-likeness (QED) is 0.811. The van der Waals surface area contributed by atoms with Gasteiger partial charge >= 0.3 is 0 Å². The second-order valence-corrected chi connectivity index (χ2v) is 6.06. The number of anilines is 1. The summed E-state index contributed by atoms with van der Waals surface area (Å²) in [6.07, 6.45) is 0.0636. The van der Waals surface area contributed by atoms with Crippen LogP contribution in [0.3, 0.4) is 0 Å². The second kappa shape index (κ2) is 6.96. The Kier molecular flexibility index (Phi) is 5.26. The maximum Gasteiger partial charge on any atom is 0.255 e. The number of carbonyl (C=O) groups excluding carboxylic acids is 1. The fourth-order valence-electron chi connectivity index (χ4n) is 1.77. The van der Waals surface area contributed by atoms with Gasteiger partial charge in [-0.2, -0.15) is 0 Å². The minimum absolute atomic E-state index is 0.0636. The Morgan fingerprint density at radius 1 is 1.24 bits per heavy atom. The molecule has 2 aromatic carbocycles. The Morgan fingerprint density at radius 2 is 2.00 bits per heavy atom. The minimum atomic E-state index is -0.202. The van der Waals surface area contributed by atoms with Crippen LogP contribution in [0.5, 0.6) is 5.75 Å². The number of rotatable bonds is 4. The zero-order valence-electron chi connectivity index (χ0n) is 11.7. The smallest absolute Gasteiger partial charge is 0.255 e. The van der Waals surface area contributed by atoms with Crippen molar-refractivity contribution in [1.29, 1.82) is 0 Å². The molecule has 21 heavy (non-hydrogen) atoms. The lowest BCUT2D eigenvalue weighted by molar-refractivity contribution is 0.102. The monoisotopic (exact) mass is 367 g/mol. The van der Waals surface area contributed by atoms with Gasteiger partial charge in [0.1, 0.15) is 5.75 Å². The molecule has 0 heterocycles. The summed E-state index contributed by atoms with van der Waals surface area (Å²) in [5.74, 6) is 0.472. The first-order valence-corrected chi connectivity index (χ1v) is 7.66. The topological polar surface area (TPSA) is 38.3 Å². The Hall–Kier alpha value is -1.52. The summed E-state index contributed by atoms with van der Waals surface area (Å²) >= 11 is 9.25. The molecule has 0 saturated heterocycles. The predicted molar refractivity (Wildman–Crippen MR) is 89.3 cm³/mol. The van der Waals surface area contributed by atoms with E-state index in [2.05, 4.69) is 21.2 Å². The van der Waals surface area contributed by atoms with Crippen LogP contribution in [0.1, 0.15) is 24.2 Å². The average Bonchev–Trinajstić information content (AvgIpc) is 2.41. The molecule has 0 radical (unpaired) electrons. The van der Waals surface area contributed by atoms with Crippen LogP contribution in [-0.4, -0.2) is 12.0 Å². The first-order valence-electron chi connectivity index (χ1n) is 6.49. The highest BCUT2D eigenvalue weighted by atomic mass is 79.9. The molecule has 0 fully saturated rings. The minimum Gasteiger partial charge on any atom is -0.491 e. The maximum atomic E-state index is 12.3. The molecule has 0 aromatic heterocycles. The van der Waals surface area contributed by atoms with Crippen LogP contribution < -0.4 is 10.1 Å². The van der Waals surface area contributed by atoms with E-state index in [9.17, 15) is 4.79 Å². The fourth-order valence-corrected chi connectivity index (χ4v) is 2.55. The van der Waals surface area contributed by atoms with Gasteiger partial charge in [0.15, 0.2) is 0 Å². The molecule has 2 aromatic rings. The first-order chi connectivity index (χ1) is 9.95. The van der Waals surface area contributed by atoms with E-state index in [1.165, 1.54) is 0 Å². The highest BCUT2D eigenvalue weighted by Gasteiger charge is 2.10. The molecule has 0 aliphatic heterocycles. The molecule has 0 unspecified atom stereocenters. The molecule has 0 aliphatic rings. The van der Waals surface area contributed by atoms with E-state index in [-0.39, 0.29) is 12.0 Å². The summed E-state index contributed by atoms with van der Waals surface area (Å²) in [4.78, 5) is 12.3. The Morgan fingerprint density at radius 3 is 2.67 bits per heavy atom. The predicted octanol–water partition coefficient (Wildman–Crippen LogP) is 5.14. The first kappa shape index (κ1) is 15.9. The number of benzene rings is 2. The summed E-state index contributed by atoms with van der Waals surface area (Å²) in [6, 6.07) is 12.3. The largest absolute Gasteiger partial charge is 0.491 e. The van der Waals surface area contributed by atoms with Crippen molar-refractivity contribution >= 4 is 39.1 Å². The number of ether oxygens (including phenoxy) is 1. The summed E-state index contributed by atoms with van der Waals surface area (Å²) in [6.45, 7) is 3.88. The SMILES string of the molecule is CC(C)Oc1cccc(C(=O)Nc2ccc(Cl)cc2Br)c1. The van der Waals surface area contributed by atoms with Gasteiger partial charge in [-0.05, 0) is 66.2 Å². The zero-order chi connectivity index (χ0) is 15.4. The molecule has 0 aliphatic carbocycles. The third-order valence-electron chi connectivity index (χ3n) is 2.65. The molecule has 0 spiro atoms. The van der Waals surface area contributed by atoms with Crippen LogP contribution in [0.2, 0.25) is 5.02 Å². The van der Waals surface area contributed by atoms with Gasteiger partial charge in [0.05, 0.1) is 11.8 Å². The van der Waals surface area contributed by atoms with E-state index >= 15 is 0 Å². The molecule has 1 N–H and O–H groups in total. The van der Waals surface area contributed by atoms with Gasteiger partial charge < -0.3 is 10.1 Å². The van der Waals surface area contributed by atoms with Crippen LogP contribution in [0.15, 0.2) is 46.9 Å². The lowest BCUT2D eigenvalue weighted by atomic mass is 10.2. The maximum absolute atomic E-state index is 12.3. The van der Waals surface area contributed by atoms with Crippen LogP contribution in [0.4, 0.5) is 5.69 Å². The zero-order valence-corrected chi connectivity index (χ0v) is 14.0. The molecule has 1 amide bonds. The van der Waals surface area contributed by atoms with E-state index in [1.807, 2.05) is 19.9 Å². The molecule has 2 rings (SSSR count). The van der Waals surface area contributed by atoms with Gasteiger partial charge in [-0.15, -0.1) is 0 Å². The van der Waals surface area contributed by atoms with Gasteiger partial charge in [-0.25, -0.2) is 0 Å². The van der Waals surface area contributed by atoms with Crippen molar-refractivity contribution in [3.05, 3.63) is 57.5 Å². The highest BCUT2D eigenvalue weighted by Crippen LogP contribution is 2.26. The third kappa shape index (κ3) is 4.48. The molecule has 5 heteroatoms. The summed E-state index contributed by atoms with van der Waals surface area (Å²) < 4.78 is 6.32. The van der Waals surface area contributed by atoms with E-state index in [0.717, 1.165) is 4.47 Å². The van der Waals surface area contributed by atoms with Gasteiger partial charge in [0.25, 0.3) is 5.91 Å². The van der Waals surface area contributed by atoms with Gasteiger partial charge in [0, 0.05) is 15.1 Å². The number of hydrogen-bond donors (Lipinski definition) is 1. The number of nitrogens with one attached hydrogen (secondary N) is 1. The van der Waals surface area contributed by atoms with Crippen molar-refractivity contribution in [2.45, 2.75) is 20.0 Å². The summed E-state index contributed by atoms with van der Waals surface area (Å²) in [5, 5.41) is 3.44. The van der Waals surface area contributed by atoms with Gasteiger partial charge in [-0.3, -0.25) is 4.79 Å². The summed E-state index contributed by atoms with van der Waals surface area (Å²) in [7, 11) is 0. The van der Waals surface area contributed by atoms with Gasteiger partial charge in [-0.1, -0.05) is 17.7 Å². The highest BCUT2D eigenvalue weighted by molar-refractivity contribution is 9.10. The molecule has 3 nitrogen and oxygen atoms in total. The lowest BCUT2D eigenvalue weighted by Gasteiger charge is -2.11. The average molecular weight is 369 g/mol. The van der Waals surface area contributed by atoms with E-state index in [1.54, 1.807) is 36.4 Å². The Labute approximate surface area is 137 Å². The van der Waals surface area contributed by atoms with Crippen molar-refractivity contribution in [1.82, 2.24) is 0 Å². The number of amides is 1. The summed E-state index contributed by atoms with van der Waals surface area (Å²) in [5.41, 5.74) is 1.20. The molecular weight excluding hydrogens is 354 g/mol. The molecule has 0 bridgehead atoms. The lowest BCUT2D eigenvalue weighted by Crippen LogP contribution is -2.13. The fraction of sp³-hybridized carbons (Fsp3) is 0.188. The van der Waals surface area contributed by atoms with E-state index < -0.39 is 0 Å². The van der Waals surface area contributed by atoms with E-state index in [0.29, 0.717) is 22.0 Å². The normalized spacial score (nSPS) is 10.5. The van der Waals surface area contributed by atoms with Gasteiger partial charge in [0.2, 0.25) is 0 Å². The van der Waals surface area contributed by atoms with Crippen molar-refractivity contribution in [2.75, 3.05) is 5.32 Å². The molecular formula is C16H15BrClNO2. The van der Waals surface area contributed by atoms with Crippen LogP contribution in [0, 0.1) is 0 Å². The van der Waals surface area contributed by atoms with Crippen LogP contribution in [-0.2, 0) is 0 Å². The van der Waals surface area contributed by atoms with E-state index in [4.69, 9.17) is 16.3 Å². The van der Waals surface area contributed by atoms with Crippen molar-refractivity contribution < 1.29 is 9.53 Å².